The van der Waals surface area contributed by atoms with Crippen molar-refractivity contribution < 1.29 is 14.3 Å². The third-order valence-corrected chi connectivity index (χ3v) is 6.25. The molecule has 0 radical (unpaired) electrons. The average molecular weight is 465 g/mol. The number of aromatic nitrogens is 3. The van der Waals surface area contributed by atoms with Gasteiger partial charge >= 0.3 is 0 Å². The summed E-state index contributed by atoms with van der Waals surface area (Å²) in [5, 5.41) is 7.81. The topological polar surface area (TPSA) is 78.3 Å². The van der Waals surface area contributed by atoms with Crippen LogP contribution in [0.3, 0.4) is 0 Å². The Bertz CT molecular complexity index is 1000. The second kappa shape index (κ2) is 9.36. The van der Waals surface area contributed by atoms with Gasteiger partial charge < -0.3 is 14.8 Å². The summed E-state index contributed by atoms with van der Waals surface area (Å²) in [7, 11) is 0. The fraction of sp³-hybridized carbons (Fsp3) is 0.250. The van der Waals surface area contributed by atoms with Crippen LogP contribution in [0.15, 0.2) is 60.0 Å². The van der Waals surface area contributed by atoms with Gasteiger partial charge in [-0.15, -0.1) is 11.8 Å². The van der Waals surface area contributed by atoms with Crippen molar-refractivity contribution >= 4 is 47.1 Å². The minimum Gasteiger partial charge on any atom is -0.342 e. The normalized spacial score (nSPS) is 20.9. The van der Waals surface area contributed by atoms with Crippen molar-refractivity contribution in [3.63, 3.8) is 0 Å². The molecule has 30 heavy (non-hydrogen) atoms. The Labute approximate surface area is 187 Å². The van der Waals surface area contributed by atoms with Crippen molar-refractivity contribution in [2.24, 2.45) is 0 Å². The molecule has 0 saturated carbocycles. The molecule has 2 heterocycles. The number of rotatable bonds is 8. The number of hydrogen-bond acceptors (Lipinski definition) is 6. The third-order valence-electron chi connectivity index (χ3n) is 4.55. The number of anilines is 1. The van der Waals surface area contributed by atoms with Gasteiger partial charge in [0, 0.05) is 26.9 Å². The van der Waals surface area contributed by atoms with Crippen LogP contribution in [-0.2, 0) is 26.6 Å². The molecule has 0 unspecified atom stereocenters. The summed E-state index contributed by atoms with van der Waals surface area (Å²) < 4.78 is 14.2. The van der Waals surface area contributed by atoms with Crippen molar-refractivity contribution in [1.29, 1.82) is 0 Å². The highest BCUT2D eigenvalue weighted by Gasteiger charge is 2.45. The first kappa shape index (κ1) is 21.1. The number of halogens is 2. The molecular formula is C20H18Cl2N4O3S. The van der Waals surface area contributed by atoms with E-state index in [9.17, 15) is 4.79 Å². The van der Waals surface area contributed by atoms with E-state index in [0.717, 1.165) is 10.6 Å². The summed E-state index contributed by atoms with van der Waals surface area (Å²) in [5.74, 6) is -0.400. The lowest BCUT2D eigenvalue weighted by atomic mass is 10.1. The lowest BCUT2D eigenvalue weighted by Crippen LogP contribution is -2.34. The molecule has 3 aromatic rings. The number of nitrogens with zero attached hydrogens (tertiary/aromatic N) is 3. The largest absolute Gasteiger partial charge is 0.342 e. The van der Waals surface area contributed by atoms with E-state index in [0.29, 0.717) is 40.9 Å². The minimum atomic E-state index is -1.08. The first-order chi connectivity index (χ1) is 14.6. The van der Waals surface area contributed by atoms with Crippen LogP contribution >= 0.6 is 35.0 Å². The van der Waals surface area contributed by atoms with E-state index < -0.39 is 5.79 Å². The van der Waals surface area contributed by atoms with Gasteiger partial charge in [-0.1, -0.05) is 29.3 Å². The molecule has 4 rings (SSSR count). The second-order valence-corrected chi connectivity index (χ2v) is 8.56. The first-order valence-corrected chi connectivity index (χ1v) is 10.8. The smallest absolute Gasteiger partial charge is 0.217 e. The number of ether oxygens (including phenoxy) is 2. The zero-order chi connectivity index (χ0) is 21.0. The summed E-state index contributed by atoms with van der Waals surface area (Å²) >= 11 is 14.2. The maximum Gasteiger partial charge on any atom is 0.217 e. The summed E-state index contributed by atoms with van der Waals surface area (Å²) in [6.45, 7) is 0.715. The summed E-state index contributed by atoms with van der Waals surface area (Å²) in [4.78, 5) is 15.6. The Morgan fingerprint density at radius 3 is 2.80 bits per heavy atom. The van der Waals surface area contributed by atoms with Crippen molar-refractivity contribution in [2.75, 3.05) is 17.7 Å². The predicted octanol–water partition coefficient (Wildman–Crippen LogP) is 4.21. The zero-order valence-electron chi connectivity index (χ0n) is 15.7. The van der Waals surface area contributed by atoms with Gasteiger partial charge in [0.25, 0.3) is 0 Å². The number of carbonyl (C=O) groups is 1. The van der Waals surface area contributed by atoms with Crippen LogP contribution in [0.1, 0.15) is 5.56 Å². The summed E-state index contributed by atoms with van der Waals surface area (Å²) in [6, 6.07) is 12.9. The minimum absolute atomic E-state index is 0.155. The standard InChI is InChI=1S/C20H18Cl2N4O3S/c21-14-1-6-18(19(22)7-14)20(10-26-12-23-11-25-26)28-8-16(29-20)9-30-17-4-2-15(3-5-17)24-13-27/h1-7,11-13,16H,8-10H2,(H,24,27)/t16-,20+/m0/s1. The Morgan fingerprint density at radius 1 is 1.27 bits per heavy atom. The van der Waals surface area contributed by atoms with Gasteiger partial charge in [-0.2, -0.15) is 5.10 Å². The molecule has 1 amide bonds. The van der Waals surface area contributed by atoms with Crippen LogP contribution in [0.5, 0.6) is 0 Å². The third kappa shape index (κ3) is 4.79. The van der Waals surface area contributed by atoms with Crippen LogP contribution in [0, 0.1) is 0 Å². The molecule has 0 spiro atoms. The lowest BCUT2D eigenvalue weighted by Gasteiger charge is -2.29. The number of thioether (sulfide) groups is 1. The van der Waals surface area contributed by atoms with E-state index >= 15 is 0 Å². The summed E-state index contributed by atoms with van der Waals surface area (Å²) in [5.41, 5.74) is 1.44. The molecule has 2 aromatic carbocycles. The van der Waals surface area contributed by atoms with E-state index in [-0.39, 0.29) is 6.10 Å². The van der Waals surface area contributed by atoms with Crippen LogP contribution in [0.4, 0.5) is 5.69 Å². The van der Waals surface area contributed by atoms with Crippen molar-refractivity contribution in [2.45, 2.75) is 23.3 Å². The van der Waals surface area contributed by atoms with Crippen LogP contribution in [0.25, 0.3) is 0 Å². The molecule has 1 aromatic heterocycles. The number of hydrogen-bond donors (Lipinski definition) is 1. The quantitative estimate of drug-likeness (QED) is 0.397. The van der Waals surface area contributed by atoms with E-state index in [2.05, 4.69) is 15.4 Å². The van der Waals surface area contributed by atoms with E-state index in [1.54, 1.807) is 34.9 Å². The van der Waals surface area contributed by atoms with E-state index in [1.807, 2.05) is 30.3 Å². The van der Waals surface area contributed by atoms with Crippen molar-refractivity contribution in [1.82, 2.24) is 14.8 Å². The van der Waals surface area contributed by atoms with E-state index in [1.165, 1.54) is 6.33 Å². The first-order valence-electron chi connectivity index (χ1n) is 9.11. The highest BCUT2D eigenvalue weighted by molar-refractivity contribution is 7.99. The molecule has 156 valence electrons. The molecule has 1 aliphatic heterocycles. The number of nitrogens with one attached hydrogen (secondary N) is 1. The van der Waals surface area contributed by atoms with Gasteiger partial charge in [0.15, 0.2) is 0 Å². The number of benzene rings is 2. The average Bonchev–Trinajstić information content (AvgIpc) is 3.38. The van der Waals surface area contributed by atoms with Gasteiger partial charge in [0.2, 0.25) is 12.2 Å². The fourth-order valence-electron chi connectivity index (χ4n) is 3.19. The van der Waals surface area contributed by atoms with Crippen LogP contribution in [-0.4, -0.2) is 39.6 Å². The monoisotopic (exact) mass is 464 g/mol. The molecular weight excluding hydrogens is 447 g/mol. The molecule has 1 fully saturated rings. The molecule has 0 bridgehead atoms. The maximum atomic E-state index is 10.5. The van der Waals surface area contributed by atoms with Crippen LogP contribution < -0.4 is 5.32 Å². The summed E-state index contributed by atoms with van der Waals surface area (Å²) in [6.07, 6.45) is 3.57. The number of carbonyl (C=O) groups excluding carboxylic acids is 1. The van der Waals surface area contributed by atoms with Gasteiger partial charge in [0.1, 0.15) is 19.2 Å². The number of amides is 1. The van der Waals surface area contributed by atoms with E-state index in [4.69, 9.17) is 32.7 Å². The Hall–Kier alpha value is -2.10. The highest BCUT2D eigenvalue weighted by Crippen LogP contribution is 2.41. The van der Waals surface area contributed by atoms with Crippen molar-refractivity contribution in [3.05, 3.63) is 70.7 Å². The van der Waals surface area contributed by atoms with Crippen LogP contribution in [0.2, 0.25) is 10.0 Å². The lowest BCUT2D eigenvalue weighted by molar-refractivity contribution is -0.186. The molecule has 2 atom stereocenters. The second-order valence-electron chi connectivity index (χ2n) is 6.62. The van der Waals surface area contributed by atoms with Crippen molar-refractivity contribution in [3.8, 4) is 0 Å². The van der Waals surface area contributed by atoms with Gasteiger partial charge in [-0.25, -0.2) is 9.67 Å². The molecule has 1 saturated heterocycles. The Kier molecular flexibility index (Phi) is 6.60. The zero-order valence-corrected chi connectivity index (χ0v) is 18.0. The van der Waals surface area contributed by atoms with Gasteiger partial charge in [-0.3, -0.25) is 4.79 Å². The molecule has 7 nitrogen and oxygen atoms in total. The molecule has 1 N–H and O–H groups in total. The molecule has 0 aliphatic carbocycles. The SMILES string of the molecule is O=CNc1ccc(SC[C@@H]2CO[C@@](Cn3cncn3)(c3ccc(Cl)cc3Cl)O2)cc1. The van der Waals surface area contributed by atoms with Gasteiger partial charge in [-0.05, 0) is 36.4 Å². The Morgan fingerprint density at radius 2 is 2.10 bits per heavy atom. The van der Waals surface area contributed by atoms with Gasteiger partial charge in [0.05, 0.1) is 17.7 Å². The fourth-order valence-corrected chi connectivity index (χ4v) is 4.61. The Balaban J connectivity index is 1.49. The molecule has 10 heteroatoms. The highest BCUT2D eigenvalue weighted by atomic mass is 35.5. The maximum absolute atomic E-state index is 10.5. The molecule has 1 aliphatic rings. The predicted molar refractivity (Wildman–Crippen MR) is 116 cm³/mol.